The highest BCUT2D eigenvalue weighted by molar-refractivity contribution is 6.39. The highest BCUT2D eigenvalue weighted by Crippen LogP contribution is 2.17. The molecule has 0 radical (unpaired) electrons. The molecule has 0 atom stereocenters. The lowest BCUT2D eigenvalue weighted by Crippen LogP contribution is -2.32. The van der Waals surface area contributed by atoms with E-state index in [-0.39, 0.29) is 0 Å². The number of esters is 1. The van der Waals surface area contributed by atoms with Crippen LogP contribution in [0, 0.1) is 11.3 Å². The number of nitrogens with one attached hydrogen (secondary N) is 2. The molecule has 0 aromatic heterocycles. The lowest BCUT2D eigenvalue weighted by molar-refractivity contribution is -0.136. The van der Waals surface area contributed by atoms with Crippen LogP contribution >= 0.6 is 11.6 Å². The van der Waals surface area contributed by atoms with E-state index in [9.17, 15) is 14.4 Å². The number of anilines is 1. The molecule has 0 heterocycles. The Hall–Kier alpha value is -4.48. The molecule has 0 aliphatic heterocycles. The van der Waals surface area contributed by atoms with E-state index in [0.29, 0.717) is 38.9 Å². The molecule has 0 unspecified atom stereocenters. The first-order valence-electron chi connectivity index (χ1n) is 9.59. The molecule has 0 saturated heterocycles. The minimum absolute atomic E-state index is 0.322. The Kier molecular flexibility index (Phi) is 7.52. The van der Waals surface area contributed by atoms with Crippen LogP contribution in [-0.4, -0.2) is 23.5 Å². The van der Waals surface area contributed by atoms with Gasteiger partial charge < -0.3 is 10.1 Å². The number of carbonyl (C=O) groups excluding carboxylic acids is 3. The summed E-state index contributed by atoms with van der Waals surface area (Å²) in [6.07, 6.45) is 0. The fourth-order valence-corrected chi connectivity index (χ4v) is 2.80. The second-order valence-electron chi connectivity index (χ2n) is 6.71. The largest absolute Gasteiger partial charge is 0.423 e. The minimum Gasteiger partial charge on any atom is -0.423 e. The zero-order chi connectivity index (χ0) is 23.8. The van der Waals surface area contributed by atoms with Gasteiger partial charge in [0.25, 0.3) is 0 Å². The molecular formula is C24H17ClN4O4. The van der Waals surface area contributed by atoms with Crippen molar-refractivity contribution in [1.82, 2.24) is 5.43 Å². The molecule has 0 aliphatic carbocycles. The molecule has 0 fully saturated rings. The maximum absolute atomic E-state index is 12.2. The Labute approximate surface area is 194 Å². The average Bonchev–Trinajstić information content (AvgIpc) is 2.83. The van der Waals surface area contributed by atoms with Crippen molar-refractivity contribution in [2.24, 2.45) is 5.10 Å². The minimum atomic E-state index is -0.953. The Balaban J connectivity index is 1.56. The highest BCUT2D eigenvalue weighted by Gasteiger charge is 2.14. The second kappa shape index (κ2) is 10.7. The molecule has 3 rings (SSSR count). The van der Waals surface area contributed by atoms with E-state index in [2.05, 4.69) is 15.8 Å². The van der Waals surface area contributed by atoms with Gasteiger partial charge in [-0.2, -0.15) is 10.4 Å². The van der Waals surface area contributed by atoms with E-state index in [1.807, 2.05) is 6.07 Å². The van der Waals surface area contributed by atoms with Crippen LogP contribution in [0.5, 0.6) is 5.75 Å². The number of benzene rings is 3. The number of hydrogen-bond donors (Lipinski definition) is 2. The molecule has 2 amide bonds. The van der Waals surface area contributed by atoms with E-state index >= 15 is 0 Å². The van der Waals surface area contributed by atoms with Crippen molar-refractivity contribution >= 4 is 40.8 Å². The Morgan fingerprint density at radius 2 is 1.64 bits per heavy atom. The number of hydrogen-bond acceptors (Lipinski definition) is 6. The molecule has 0 saturated carbocycles. The van der Waals surface area contributed by atoms with Crippen LogP contribution in [0.3, 0.4) is 0 Å². The van der Waals surface area contributed by atoms with E-state index in [0.717, 1.165) is 0 Å². The smallest absolute Gasteiger partial charge is 0.343 e. The van der Waals surface area contributed by atoms with Gasteiger partial charge in [0, 0.05) is 10.7 Å². The number of nitriles is 1. The third kappa shape index (κ3) is 6.50. The van der Waals surface area contributed by atoms with Crippen LogP contribution in [0.1, 0.15) is 28.4 Å². The van der Waals surface area contributed by atoms with Gasteiger partial charge in [0.15, 0.2) is 0 Å². The summed E-state index contributed by atoms with van der Waals surface area (Å²) in [6, 6.07) is 20.9. The lowest BCUT2D eigenvalue weighted by atomic mass is 10.1. The van der Waals surface area contributed by atoms with Gasteiger partial charge in [-0.1, -0.05) is 17.7 Å². The van der Waals surface area contributed by atoms with Crippen molar-refractivity contribution in [3.05, 3.63) is 94.5 Å². The average molecular weight is 461 g/mol. The fourth-order valence-electron chi connectivity index (χ4n) is 2.61. The summed E-state index contributed by atoms with van der Waals surface area (Å²) >= 11 is 5.88. The Bertz CT molecular complexity index is 1260. The highest BCUT2D eigenvalue weighted by atomic mass is 35.5. The van der Waals surface area contributed by atoms with E-state index < -0.39 is 17.8 Å². The van der Waals surface area contributed by atoms with Crippen LogP contribution in [0.25, 0.3) is 0 Å². The first kappa shape index (κ1) is 23.2. The fraction of sp³-hybridized carbons (Fsp3) is 0.0417. The molecule has 0 spiro atoms. The number of carbonyl (C=O) groups is 3. The standard InChI is InChI=1S/C24H17ClN4O4/c1-15(28-29-23(31)22(30)27-20-9-5-16(14-26)6-10-20)17-7-11-21(12-8-17)33-24(32)18-3-2-4-19(25)13-18/h2-13H,1H3,(H,27,30)(H,29,31)/b28-15+. The Morgan fingerprint density at radius 3 is 2.27 bits per heavy atom. The summed E-state index contributed by atoms with van der Waals surface area (Å²) in [6.45, 7) is 1.64. The number of hydrazone groups is 1. The zero-order valence-electron chi connectivity index (χ0n) is 17.3. The molecule has 0 aliphatic rings. The van der Waals surface area contributed by atoms with Gasteiger partial charge in [-0.05, 0) is 79.2 Å². The van der Waals surface area contributed by atoms with Gasteiger partial charge in [0.2, 0.25) is 0 Å². The molecule has 0 bridgehead atoms. The quantitative estimate of drug-likeness (QED) is 0.196. The van der Waals surface area contributed by atoms with E-state index in [1.54, 1.807) is 49.4 Å². The molecule has 3 aromatic rings. The number of nitrogens with zero attached hydrogens (tertiary/aromatic N) is 2. The zero-order valence-corrected chi connectivity index (χ0v) is 18.1. The molecule has 8 nitrogen and oxygen atoms in total. The molecule has 33 heavy (non-hydrogen) atoms. The van der Waals surface area contributed by atoms with Crippen LogP contribution in [0.15, 0.2) is 77.9 Å². The van der Waals surface area contributed by atoms with Crippen LogP contribution in [-0.2, 0) is 9.59 Å². The SMILES string of the molecule is C/C(=N\NC(=O)C(=O)Nc1ccc(C#N)cc1)c1ccc(OC(=O)c2cccc(Cl)c2)cc1. The summed E-state index contributed by atoms with van der Waals surface area (Å²) in [4.78, 5) is 36.2. The van der Waals surface area contributed by atoms with Gasteiger partial charge in [0.1, 0.15) is 5.75 Å². The monoisotopic (exact) mass is 460 g/mol. The van der Waals surface area contributed by atoms with Gasteiger partial charge in [-0.3, -0.25) is 9.59 Å². The van der Waals surface area contributed by atoms with Crippen molar-refractivity contribution in [2.45, 2.75) is 6.92 Å². The molecule has 3 aromatic carbocycles. The molecular weight excluding hydrogens is 444 g/mol. The second-order valence-corrected chi connectivity index (χ2v) is 7.14. The van der Waals surface area contributed by atoms with Gasteiger partial charge in [0.05, 0.1) is 22.9 Å². The lowest BCUT2D eigenvalue weighted by Gasteiger charge is -2.07. The summed E-state index contributed by atoms with van der Waals surface area (Å²) in [5.74, 6) is -2.08. The van der Waals surface area contributed by atoms with Gasteiger partial charge in [-0.15, -0.1) is 0 Å². The third-order valence-electron chi connectivity index (χ3n) is 4.35. The van der Waals surface area contributed by atoms with Crippen molar-refractivity contribution in [3.63, 3.8) is 0 Å². The summed E-state index contributed by atoms with van der Waals surface area (Å²) in [5.41, 5.74) is 4.39. The van der Waals surface area contributed by atoms with E-state index in [4.69, 9.17) is 21.6 Å². The maximum atomic E-state index is 12.2. The van der Waals surface area contributed by atoms with Crippen LogP contribution < -0.4 is 15.5 Å². The van der Waals surface area contributed by atoms with Crippen molar-refractivity contribution in [2.75, 3.05) is 5.32 Å². The number of halogens is 1. The molecule has 9 heteroatoms. The van der Waals surface area contributed by atoms with Crippen molar-refractivity contribution < 1.29 is 19.1 Å². The summed E-state index contributed by atoms with van der Waals surface area (Å²) in [5, 5.41) is 15.5. The first-order chi connectivity index (χ1) is 15.9. The maximum Gasteiger partial charge on any atom is 0.343 e. The third-order valence-corrected chi connectivity index (χ3v) is 4.58. The Morgan fingerprint density at radius 1 is 0.939 bits per heavy atom. The predicted octanol–water partition coefficient (Wildman–Crippen LogP) is 3.91. The number of ether oxygens (including phenoxy) is 1. The molecule has 164 valence electrons. The predicted molar refractivity (Wildman–Crippen MR) is 123 cm³/mol. The van der Waals surface area contributed by atoms with Crippen molar-refractivity contribution in [1.29, 1.82) is 5.26 Å². The van der Waals surface area contributed by atoms with Gasteiger partial charge in [-0.25, -0.2) is 10.2 Å². The van der Waals surface area contributed by atoms with Crippen LogP contribution in [0.4, 0.5) is 5.69 Å². The topological polar surface area (TPSA) is 121 Å². The van der Waals surface area contributed by atoms with Crippen molar-refractivity contribution in [3.8, 4) is 11.8 Å². The normalized spacial score (nSPS) is 10.6. The van der Waals surface area contributed by atoms with Crippen LogP contribution in [0.2, 0.25) is 5.02 Å². The van der Waals surface area contributed by atoms with Gasteiger partial charge >= 0.3 is 17.8 Å². The number of amides is 2. The number of rotatable bonds is 5. The summed E-state index contributed by atoms with van der Waals surface area (Å²) < 4.78 is 5.31. The molecule has 2 N–H and O–H groups in total. The summed E-state index contributed by atoms with van der Waals surface area (Å²) in [7, 11) is 0. The van der Waals surface area contributed by atoms with E-state index in [1.165, 1.54) is 30.3 Å². The first-order valence-corrected chi connectivity index (χ1v) is 9.97.